The summed E-state index contributed by atoms with van der Waals surface area (Å²) in [6.07, 6.45) is 0.175. The van der Waals surface area contributed by atoms with Crippen molar-refractivity contribution in [2.45, 2.75) is 26.3 Å². The Kier molecular flexibility index (Phi) is 5.84. The number of amides is 1. The number of aliphatic hydroxyl groups excluding tert-OH is 1. The number of carbonyl (C=O) groups excluding carboxylic acids is 2. The third-order valence-corrected chi connectivity index (χ3v) is 5.01. The number of rotatable bonds is 6. The first-order valence-corrected chi connectivity index (χ1v) is 9.55. The number of para-hydroxylation sites is 1. The van der Waals surface area contributed by atoms with Crippen LogP contribution >= 0.6 is 11.6 Å². The van der Waals surface area contributed by atoms with Gasteiger partial charge in [0.1, 0.15) is 0 Å². The van der Waals surface area contributed by atoms with Crippen LogP contribution in [0.15, 0.2) is 53.8 Å². The molecule has 2 aromatic carbocycles. The van der Waals surface area contributed by atoms with E-state index >= 15 is 0 Å². The fraction of sp³-hybridized carbons (Fsp3) is 0.273. The molecule has 3 rings (SSSR count). The summed E-state index contributed by atoms with van der Waals surface area (Å²) in [7, 11) is 1.38. The minimum atomic E-state index is -0.900. The van der Waals surface area contributed by atoms with Gasteiger partial charge in [-0.15, -0.1) is 0 Å². The number of anilines is 1. The number of phenols is 1. The number of ketones is 1. The van der Waals surface area contributed by atoms with E-state index in [-0.39, 0.29) is 40.2 Å². The van der Waals surface area contributed by atoms with Crippen molar-refractivity contribution in [1.82, 2.24) is 0 Å². The topological polar surface area (TPSA) is 87.1 Å². The van der Waals surface area contributed by atoms with Crippen LogP contribution in [0.25, 0.3) is 0 Å². The molecule has 152 valence electrons. The van der Waals surface area contributed by atoms with Gasteiger partial charge in [-0.1, -0.05) is 43.6 Å². The Morgan fingerprint density at radius 1 is 1.21 bits per heavy atom. The van der Waals surface area contributed by atoms with Crippen LogP contribution in [0.3, 0.4) is 0 Å². The summed E-state index contributed by atoms with van der Waals surface area (Å²) in [6, 6.07) is 10.8. The second-order valence-corrected chi connectivity index (χ2v) is 7.66. The first kappa shape index (κ1) is 20.7. The van der Waals surface area contributed by atoms with Crippen LogP contribution < -0.4 is 9.64 Å². The summed E-state index contributed by atoms with van der Waals surface area (Å²) >= 11 is 6.16. The number of aliphatic hydroxyl groups is 1. The van der Waals surface area contributed by atoms with Gasteiger partial charge in [-0.2, -0.15) is 0 Å². The first-order valence-electron chi connectivity index (χ1n) is 9.17. The molecule has 2 N–H and O–H groups in total. The number of ether oxygens (including phenoxy) is 1. The molecule has 1 aliphatic rings. The Hall–Kier alpha value is -2.99. The number of Topliss-reactive ketones (excluding diaryl/α,β-unsaturated/α-hetero) is 1. The Morgan fingerprint density at radius 2 is 1.86 bits per heavy atom. The fourth-order valence-electron chi connectivity index (χ4n) is 3.45. The van der Waals surface area contributed by atoms with Crippen molar-refractivity contribution >= 4 is 29.0 Å². The molecule has 0 fully saturated rings. The number of carbonyl (C=O) groups is 2. The Morgan fingerprint density at radius 3 is 2.45 bits per heavy atom. The molecule has 0 aromatic heterocycles. The molecule has 0 spiro atoms. The molecule has 0 radical (unpaired) electrons. The highest BCUT2D eigenvalue weighted by molar-refractivity contribution is 6.32. The molecule has 29 heavy (non-hydrogen) atoms. The van der Waals surface area contributed by atoms with E-state index in [1.165, 1.54) is 24.1 Å². The van der Waals surface area contributed by atoms with Crippen LogP contribution in [0.4, 0.5) is 5.69 Å². The molecule has 1 amide bonds. The molecule has 1 aliphatic heterocycles. The number of aromatic hydroxyl groups is 1. The molecule has 2 aromatic rings. The Labute approximate surface area is 174 Å². The minimum absolute atomic E-state index is 0.0105. The van der Waals surface area contributed by atoms with Gasteiger partial charge in [0, 0.05) is 12.1 Å². The zero-order valence-corrected chi connectivity index (χ0v) is 17.1. The van der Waals surface area contributed by atoms with Crippen molar-refractivity contribution in [2.75, 3.05) is 12.0 Å². The molecule has 1 unspecified atom stereocenters. The van der Waals surface area contributed by atoms with Crippen molar-refractivity contribution in [3.8, 4) is 11.5 Å². The zero-order chi connectivity index (χ0) is 21.3. The largest absolute Gasteiger partial charge is 0.503 e. The average Bonchev–Trinajstić information content (AvgIpc) is 2.95. The fourth-order valence-corrected chi connectivity index (χ4v) is 3.67. The van der Waals surface area contributed by atoms with Gasteiger partial charge >= 0.3 is 0 Å². The standard InChI is InChI=1S/C22H22ClNO5/c1-12(2)9-16(25)18-19(13-10-15(23)20(26)17(11-13)29-3)24(22(28)21(18)27)14-7-5-4-6-8-14/h4-8,10-12,19,26-27H,9H2,1-3H3. The Bertz CT molecular complexity index is 984. The summed E-state index contributed by atoms with van der Waals surface area (Å²) in [6.45, 7) is 3.77. The van der Waals surface area contributed by atoms with E-state index < -0.39 is 17.7 Å². The molecule has 0 saturated heterocycles. The molecular formula is C22H22ClNO5. The van der Waals surface area contributed by atoms with Crippen LogP contribution in [-0.2, 0) is 9.59 Å². The predicted molar refractivity (Wildman–Crippen MR) is 110 cm³/mol. The second-order valence-electron chi connectivity index (χ2n) is 7.25. The molecule has 6 nitrogen and oxygen atoms in total. The lowest BCUT2D eigenvalue weighted by atomic mass is 9.91. The van der Waals surface area contributed by atoms with Gasteiger partial charge in [0.15, 0.2) is 23.0 Å². The van der Waals surface area contributed by atoms with Gasteiger partial charge in [0.05, 0.1) is 23.7 Å². The van der Waals surface area contributed by atoms with E-state index in [2.05, 4.69) is 0 Å². The van der Waals surface area contributed by atoms with Crippen LogP contribution in [0, 0.1) is 5.92 Å². The van der Waals surface area contributed by atoms with Crippen molar-refractivity contribution in [3.63, 3.8) is 0 Å². The van der Waals surface area contributed by atoms with E-state index in [1.54, 1.807) is 30.3 Å². The van der Waals surface area contributed by atoms with Crippen LogP contribution in [0.1, 0.15) is 31.9 Å². The summed E-state index contributed by atoms with van der Waals surface area (Å²) in [5.74, 6) is -1.66. The Balaban J connectivity index is 2.22. The van der Waals surface area contributed by atoms with Gasteiger partial charge in [-0.05, 0) is 35.7 Å². The van der Waals surface area contributed by atoms with Crippen molar-refractivity contribution in [1.29, 1.82) is 0 Å². The molecule has 1 heterocycles. The van der Waals surface area contributed by atoms with Crippen molar-refractivity contribution < 1.29 is 24.5 Å². The maximum Gasteiger partial charge on any atom is 0.294 e. The van der Waals surface area contributed by atoms with Gasteiger partial charge in [-0.3, -0.25) is 14.5 Å². The van der Waals surface area contributed by atoms with Gasteiger partial charge < -0.3 is 14.9 Å². The summed E-state index contributed by atoms with van der Waals surface area (Å²) in [4.78, 5) is 27.3. The van der Waals surface area contributed by atoms with Gasteiger partial charge in [-0.25, -0.2) is 0 Å². The molecule has 0 bridgehead atoms. The normalized spacial score (nSPS) is 16.7. The molecule has 1 atom stereocenters. The number of benzene rings is 2. The van der Waals surface area contributed by atoms with Crippen molar-refractivity contribution in [3.05, 3.63) is 64.4 Å². The number of phenolic OH excluding ortho intramolecular Hbond substituents is 1. The van der Waals surface area contributed by atoms with Crippen molar-refractivity contribution in [2.24, 2.45) is 5.92 Å². The summed E-state index contributed by atoms with van der Waals surface area (Å²) in [5, 5.41) is 20.7. The lowest BCUT2D eigenvalue weighted by Crippen LogP contribution is -2.31. The van der Waals surface area contributed by atoms with E-state index in [4.69, 9.17) is 16.3 Å². The first-order chi connectivity index (χ1) is 13.8. The van der Waals surface area contributed by atoms with E-state index in [1.807, 2.05) is 13.8 Å². The number of hydrogen-bond donors (Lipinski definition) is 2. The smallest absolute Gasteiger partial charge is 0.294 e. The highest BCUT2D eigenvalue weighted by Gasteiger charge is 2.44. The number of hydrogen-bond acceptors (Lipinski definition) is 5. The number of nitrogens with zero attached hydrogens (tertiary/aromatic N) is 1. The lowest BCUT2D eigenvalue weighted by Gasteiger charge is -2.27. The van der Waals surface area contributed by atoms with Crippen LogP contribution in [0.2, 0.25) is 5.02 Å². The minimum Gasteiger partial charge on any atom is -0.503 e. The van der Waals surface area contributed by atoms with E-state index in [9.17, 15) is 19.8 Å². The molecule has 0 aliphatic carbocycles. The SMILES string of the molecule is COc1cc(C2C(C(=O)CC(C)C)=C(O)C(=O)N2c2ccccc2)cc(Cl)c1O. The zero-order valence-electron chi connectivity index (χ0n) is 16.3. The third kappa shape index (κ3) is 3.80. The second kappa shape index (κ2) is 8.17. The molecule has 0 saturated carbocycles. The van der Waals surface area contributed by atoms with Gasteiger partial charge in [0.2, 0.25) is 0 Å². The highest BCUT2D eigenvalue weighted by atomic mass is 35.5. The van der Waals surface area contributed by atoms with Crippen LogP contribution in [-0.4, -0.2) is 29.0 Å². The quantitative estimate of drug-likeness (QED) is 0.721. The highest BCUT2D eigenvalue weighted by Crippen LogP contribution is 2.45. The average molecular weight is 416 g/mol. The van der Waals surface area contributed by atoms with E-state index in [0.717, 1.165) is 0 Å². The van der Waals surface area contributed by atoms with E-state index in [0.29, 0.717) is 11.3 Å². The number of halogens is 1. The summed E-state index contributed by atoms with van der Waals surface area (Å²) in [5.41, 5.74) is 0.971. The number of methoxy groups -OCH3 is 1. The summed E-state index contributed by atoms with van der Waals surface area (Å²) < 4.78 is 5.18. The van der Waals surface area contributed by atoms with Gasteiger partial charge in [0.25, 0.3) is 5.91 Å². The maximum atomic E-state index is 13.0. The monoisotopic (exact) mass is 415 g/mol. The van der Waals surface area contributed by atoms with Crippen LogP contribution in [0.5, 0.6) is 11.5 Å². The lowest BCUT2D eigenvalue weighted by molar-refractivity contribution is -0.118. The maximum absolute atomic E-state index is 13.0. The third-order valence-electron chi connectivity index (χ3n) is 4.72. The predicted octanol–water partition coefficient (Wildman–Crippen LogP) is 4.57. The molecule has 7 heteroatoms. The molecular weight excluding hydrogens is 394 g/mol.